The van der Waals surface area contributed by atoms with Crippen molar-refractivity contribution < 1.29 is 5.11 Å². The minimum Gasteiger partial charge on any atom is -0.493 e. The molecule has 6 heteroatoms. The highest BCUT2D eigenvalue weighted by Gasteiger charge is 2.11. The average molecular weight is 299 g/mol. The summed E-state index contributed by atoms with van der Waals surface area (Å²) in [6.07, 6.45) is 1.23. The van der Waals surface area contributed by atoms with Gasteiger partial charge in [0.25, 0.3) is 5.56 Å². The second-order valence-electron chi connectivity index (χ2n) is 4.12. The molecule has 19 heavy (non-hydrogen) atoms. The van der Waals surface area contributed by atoms with E-state index in [9.17, 15) is 9.90 Å². The second kappa shape index (κ2) is 5.63. The third kappa shape index (κ3) is 3.08. The summed E-state index contributed by atoms with van der Waals surface area (Å²) < 4.78 is 0. The van der Waals surface area contributed by atoms with E-state index in [0.717, 1.165) is 6.42 Å². The van der Waals surface area contributed by atoms with Crippen molar-refractivity contribution in [3.05, 3.63) is 44.2 Å². The summed E-state index contributed by atoms with van der Waals surface area (Å²) in [5.41, 5.74) is 0.493. The van der Waals surface area contributed by atoms with E-state index in [4.69, 9.17) is 23.2 Å². The van der Waals surface area contributed by atoms with Crippen LogP contribution in [0.5, 0.6) is 5.88 Å². The fourth-order valence-corrected chi connectivity index (χ4v) is 2.31. The van der Waals surface area contributed by atoms with Crippen LogP contribution >= 0.6 is 23.2 Å². The van der Waals surface area contributed by atoms with Gasteiger partial charge in [-0.1, -0.05) is 36.5 Å². The van der Waals surface area contributed by atoms with Crippen LogP contribution in [-0.4, -0.2) is 15.1 Å². The van der Waals surface area contributed by atoms with Crippen molar-refractivity contribution in [2.45, 2.75) is 19.8 Å². The van der Waals surface area contributed by atoms with Gasteiger partial charge in [0, 0.05) is 15.6 Å². The lowest BCUT2D eigenvalue weighted by Gasteiger charge is -2.06. The van der Waals surface area contributed by atoms with E-state index in [0.29, 0.717) is 27.6 Å². The van der Waals surface area contributed by atoms with Crippen LogP contribution in [-0.2, 0) is 6.42 Å². The van der Waals surface area contributed by atoms with E-state index in [1.807, 2.05) is 6.92 Å². The first-order chi connectivity index (χ1) is 9.01. The van der Waals surface area contributed by atoms with E-state index < -0.39 is 0 Å². The summed E-state index contributed by atoms with van der Waals surface area (Å²) in [4.78, 5) is 18.5. The van der Waals surface area contributed by atoms with Gasteiger partial charge >= 0.3 is 0 Å². The molecule has 0 aliphatic heterocycles. The Morgan fingerprint density at radius 1 is 1.26 bits per heavy atom. The number of nitrogens with one attached hydrogen (secondary N) is 1. The maximum absolute atomic E-state index is 11.9. The molecular weight excluding hydrogens is 287 g/mol. The summed E-state index contributed by atoms with van der Waals surface area (Å²) in [5.74, 6) is -0.0107. The fraction of sp³-hybridized carbons (Fsp3) is 0.231. The standard InChI is InChI=1S/C13H12Cl2N2O2/c1-2-3-10-12(18)16-11(17-13(10)19)7-4-8(14)6-9(15)5-7/h4-6H,2-3H2,1H3,(H2,16,17,18,19). The van der Waals surface area contributed by atoms with Gasteiger partial charge in [-0.25, -0.2) is 0 Å². The number of benzene rings is 1. The molecule has 1 heterocycles. The first-order valence-corrected chi connectivity index (χ1v) is 6.55. The Morgan fingerprint density at radius 3 is 2.42 bits per heavy atom. The van der Waals surface area contributed by atoms with Gasteiger partial charge in [-0.05, 0) is 24.6 Å². The first-order valence-electron chi connectivity index (χ1n) is 5.80. The predicted octanol–water partition coefficient (Wildman–Crippen LogP) is 3.40. The van der Waals surface area contributed by atoms with E-state index in [1.165, 1.54) is 0 Å². The molecule has 2 rings (SSSR count). The lowest BCUT2D eigenvalue weighted by atomic mass is 10.1. The zero-order valence-corrected chi connectivity index (χ0v) is 11.7. The van der Waals surface area contributed by atoms with Crippen LogP contribution in [0.15, 0.2) is 23.0 Å². The fourth-order valence-electron chi connectivity index (χ4n) is 1.79. The molecule has 0 bridgehead atoms. The molecule has 0 fully saturated rings. The zero-order chi connectivity index (χ0) is 14.0. The van der Waals surface area contributed by atoms with E-state index in [2.05, 4.69) is 9.97 Å². The Morgan fingerprint density at radius 2 is 1.89 bits per heavy atom. The quantitative estimate of drug-likeness (QED) is 0.912. The highest BCUT2D eigenvalue weighted by atomic mass is 35.5. The first kappa shape index (κ1) is 13.9. The van der Waals surface area contributed by atoms with Gasteiger partial charge in [0.15, 0.2) is 0 Å². The Kier molecular flexibility index (Phi) is 4.12. The minimum absolute atomic E-state index is 0.242. The summed E-state index contributed by atoms with van der Waals surface area (Å²) in [7, 11) is 0. The van der Waals surface area contributed by atoms with E-state index >= 15 is 0 Å². The van der Waals surface area contributed by atoms with Crippen LogP contribution in [0.3, 0.4) is 0 Å². The topological polar surface area (TPSA) is 66.0 Å². The Bertz CT molecular complexity index is 648. The molecule has 0 saturated carbocycles. The molecule has 4 nitrogen and oxygen atoms in total. The number of halogens is 2. The number of H-pyrrole nitrogens is 1. The van der Waals surface area contributed by atoms with Crippen molar-refractivity contribution in [1.82, 2.24) is 9.97 Å². The molecule has 0 saturated heterocycles. The largest absolute Gasteiger partial charge is 0.493 e. The van der Waals surface area contributed by atoms with E-state index in [1.54, 1.807) is 18.2 Å². The van der Waals surface area contributed by atoms with Gasteiger partial charge in [0.1, 0.15) is 5.82 Å². The van der Waals surface area contributed by atoms with Crippen molar-refractivity contribution in [2.24, 2.45) is 0 Å². The molecule has 1 aromatic carbocycles. The Labute approximate surface area is 120 Å². The maximum Gasteiger partial charge on any atom is 0.258 e. The molecule has 2 N–H and O–H groups in total. The van der Waals surface area contributed by atoms with Gasteiger partial charge in [-0.15, -0.1) is 0 Å². The minimum atomic E-state index is -0.347. The number of hydrogen-bond donors (Lipinski definition) is 2. The third-order valence-electron chi connectivity index (χ3n) is 2.63. The number of nitrogens with zero attached hydrogens (tertiary/aromatic N) is 1. The normalized spacial score (nSPS) is 10.7. The number of hydrogen-bond acceptors (Lipinski definition) is 3. The van der Waals surface area contributed by atoms with Crippen molar-refractivity contribution in [3.8, 4) is 17.3 Å². The van der Waals surface area contributed by atoms with E-state index in [-0.39, 0.29) is 17.3 Å². The van der Waals surface area contributed by atoms with Crippen LogP contribution in [0.2, 0.25) is 10.0 Å². The summed E-state index contributed by atoms with van der Waals surface area (Å²) >= 11 is 11.8. The number of aromatic hydroxyl groups is 1. The van der Waals surface area contributed by atoms with Gasteiger partial charge in [0.05, 0.1) is 5.56 Å². The monoisotopic (exact) mass is 298 g/mol. The molecular formula is C13H12Cl2N2O2. The lowest BCUT2D eigenvalue weighted by Crippen LogP contribution is -2.15. The molecule has 0 aliphatic carbocycles. The van der Waals surface area contributed by atoms with Crippen molar-refractivity contribution in [2.75, 3.05) is 0 Å². The van der Waals surface area contributed by atoms with Crippen LogP contribution in [0.25, 0.3) is 11.4 Å². The number of aromatic amines is 1. The molecule has 0 amide bonds. The summed E-state index contributed by atoms with van der Waals surface area (Å²) in [6, 6.07) is 4.81. The van der Waals surface area contributed by atoms with Crippen molar-refractivity contribution in [1.29, 1.82) is 0 Å². The van der Waals surface area contributed by atoms with Crippen LogP contribution < -0.4 is 5.56 Å². The predicted molar refractivity (Wildman–Crippen MR) is 76.0 cm³/mol. The van der Waals surface area contributed by atoms with Gasteiger partial charge < -0.3 is 10.1 Å². The SMILES string of the molecule is CCCc1c(O)nc(-c2cc(Cl)cc(Cl)c2)[nH]c1=O. The lowest BCUT2D eigenvalue weighted by molar-refractivity contribution is 0.443. The Balaban J connectivity index is 2.55. The average Bonchev–Trinajstić information content (AvgIpc) is 2.32. The molecule has 0 atom stereocenters. The molecule has 0 unspecified atom stereocenters. The summed E-state index contributed by atoms with van der Waals surface area (Å²) in [6.45, 7) is 1.92. The third-order valence-corrected chi connectivity index (χ3v) is 3.07. The Hall–Kier alpha value is -1.52. The molecule has 100 valence electrons. The maximum atomic E-state index is 11.9. The molecule has 1 aromatic heterocycles. The van der Waals surface area contributed by atoms with Crippen molar-refractivity contribution in [3.63, 3.8) is 0 Å². The molecule has 2 aromatic rings. The van der Waals surface area contributed by atoms with Gasteiger partial charge in [0.2, 0.25) is 5.88 Å². The highest BCUT2D eigenvalue weighted by Crippen LogP contribution is 2.25. The smallest absolute Gasteiger partial charge is 0.258 e. The van der Waals surface area contributed by atoms with Crippen LogP contribution in [0, 0.1) is 0 Å². The molecule has 0 radical (unpaired) electrons. The van der Waals surface area contributed by atoms with Gasteiger partial charge in [-0.2, -0.15) is 4.98 Å². The zero-order valence-electron chi connectivity index (χ0n) is 10.2. The molecule has 0 aliphatic rings. The number of aromatic nitrogens is 2. The highest BCUT2D eigenvalue weighted by molar-refractivity contribution is 6.35. The van der Waals surface area contributed by atoms with Crippen molar-refractivity contribution >= 4 is 23.2 Å². The molecule has 0 spiro atoms. The summed E-state index contributed by atoms with van der Waals surface area (Å²) in [5, 5.41) is 10.7. The van der Waals surface area contributed by atoms with Crippen LogP contribution in [0.1, 0.15) is 18.9 Å². The van der Waals surface area contributed by atoms with Crippen LogP contribution in [0.4, 0.5) is 0 Å². The van der Waals surface area contributed by atoms with Gasteiger partial charge in [-0.3, -0.25) is 4.79 Å². The second-order valence-corrected chi connectivity index (χ2v) is 5.00. The number of rotatable bonds is 3.